The van der Waals surface area contributed by atoms with Crippen LogP contribution in [0.4, 0.5) is 0 Å². The average molecular weight is 185 g/mol. The molecule has 3 N–H and O–H groups in total. The molecule has 0 saturated carbocycles. The number of rotatable bonds is 5. The van der Waals surface area contributed by atoms with Crippen LogP contribution in [0.2, 0.25) is 0 Å². The van der Waals surface area contributed by atoms with Crippen molar-refractivity contribution in [3.8, 4) is 0 Å². The summed E-state index contributed by atoms with van der Waals surface area (Å²) in [7, 11) is 1.69. The first kappa shape index (κ1) is 10.5. The number of nitrogens with one attached hydrogen (secondary N) is 3. The highest BCUT2D eigenvalue weighted by Gasteiger charge is 2.12. The molecule has 4 nitrogen and oxygen atoms in total. The minimum atomic E-state index is 0.150. The molecule has 0 spiro atoms. The smallest absolute Gasteiger partial charge is 0.219 e. The Morgan fingerprint density at radius 3 is 3.00 bits per heavy atom. The van der Waals surface area contributed by atoms with E-state index in [-0.39, 0.29) is 5.91 Å². The molecule has 0 aromatic carbocycles. The number of carbonyl (C=O) groups is 1. The molecule has 1 fully saturated rings. The van der Waals surface area contributed by atoms with Crippen molar-refractivity contribution < 1.29 is 4.79 Å². The minimum absolute atomic E-state index is 0.150. The Bertz CT molecular complexity index is 155. The van der Waals surface area contributed by atoms with E-state index in [2.05, 4.69) is 16.2 Å². The van der Waals surface area contributed by atoms with Gasteiger partial charge in [0.15, 0.2) is 0 Å². The van der Waals surface area contributed by atoms with Crippen molar-refractivity contribution in [1.82, 2.24) is 16.2 Å². The predicted molar refractivity (Wildman–Crippen MR) is 52.1 cm³/mol. The van der Waals surface area contributed by atoms with Crippen molar-refractivity contribution in [2.75, 3.05) is 13.6 Å². The van der Waals surface area contributed by atoms with E-state index in [9.17, 15) is 4.79 Å². The zero-order valence-electron chi connectivity index (χ0n) is 8.23. The molecule has 13 heavy (non-hydrogen) atoms. The van der Waals surface area contributed by atoms with Crippen LogP contribution in [-0.4, -0.2) is 25.5 Å². The highest BCUT2D eigenvalue weighted by molar-refractivity contribution is 5.75. The number of amides is 1. The van der Waals surface area contributed by atoms with E-state index >= 15 is 0 Å². The van der Waals surface area contributed by atoms with E-state index in [1.54, 1.807) is 7.05 Å². The van der Waals surface area contributed by atoms with Crippen molar-refractivity contribution in [2.24, 2.45) is 0 Å². The Balaban J connectivity index is 1.91. The molecule has 1 saturated heterocycles. The standard InChI is InChI=1S/C9H19N3O/c1-10-9(13)5-3-2-4-8-6-7-11-12-8/h8,11-12H,2-7H2,1H3,(H,10,13). The fourth-order valence-corrected chi connectivity index (χ4v) is 1.55. The van der Waals surface area contributed by atoms with Crippen molar-refractivity contribution in [1.29, 1.82) is 0 Å². The van der Waals surface area contributed by atoms with Crippen LogP contribution in [0, 0.1) is 0 Å². The molecule has 0 radical (unpaired) electrons. The normalized spacial score (nSPS) is 21.8. The molecule has 0 aromatic rings. The summed E-state index contributed by atoms with van der Waals surface area (Å²) in [5.74, 6) is 0.150. The number of hydrogen-bond acceptors (Lipinski definition) is 3. The van der Waals surface area contributed by atoms with Crippen molar-refractivity contribution in [3.63, 3.8) is 0 Å². The molecule has 1 aliphatic rings. The van der Waals surface area contributed by atoms with E-state index in [0.29, 0.717) is 12.5 Å². The fourth-order valence-electron chi connectivity index (χ4n) is 1.55. The Morgan fingerprint density at radius 1 is 1.54 bits per heavy atom. The van der Waals surface area contributed by atoms with E-state index in [4.69, 9.17) is 0 Å². The van der Waals surface area contributed by atoms with Crippen LogP contribution < -0.4 is 16.2 Å². The zero-order valence-corrected chi connectivity index (χ0v) is 8.23. The number of carbonyl (C=O) groups excluding carboxylic acids is 1. The molecular weight excluding hydrogens is 166 g/mol. The van der Waals surface area contributed by atoms with Gasteiger partial charge in [0.2, 0.25) is 5.91 Å². The van der Waals surface area contributed by atoms with Gasteiger partial charge in [-0.1, -0.05) is 6.42 Å². The summed E-state index contributed by atoms with van der Waals surface area (Å²) in [4.78, 5) is 10.9. The zero-order chi connectivity index (χ0) is 9.52. The molecule has 1 atom stereocenters. The summed E-state index contributed by atoms with van der Waals surface area (Å²) < 4.78 is 0. The lowest BCUT2D eigenvalue weighted by atomic mass is 10.1. The Kier molecular flexibility index (Phi) is 4.78. The third-order valence-corrected chi connectivity index (χ3v) is 2.41. The first-order chi connectivity index (χ1) is 6.33. The quantitative estimate of drug-likeness (QED) is 0.535. The Labute approximate surface area is 79.4 Å². The summed E-state index contributed by atoms with van der Waals surface area (Å²) in [6.45, 7) is 1.07. The SMILES string of the molecule is CNC(=O)CCCCC1CCNN1. The van der Waals surface area contributed by atoms with Gasteiger partial charge in [-0.05, 0) is 19.3 Å². The second-order valence-corrected chi connectivity index (χ2v) is 3.48. The summed E-state index contributed by atoms with van der Waals surface area (Å²) in [6, 6.07) is 0.615. The van der Waals surface area contributed by atoms with E-state index in [1.165, 1.54) is 12.8 Å². The van der Waals surface area contributed by atoms with Gasteiger partial charge in [0.05, 0.1) is 0 Å². The van der Waals surface area contributed by atoms with Gasteiger partial charge < -0.3 is 5.32 Å². The van der Waals surface area contributed by atoms with Crippen LogP contribution in [-0.2, 0) is 4.79 Å². The average Bonchev–Trinajstić information content (AvgIpc) is 2.64. The van der Waals surface area contributed by atoms with Gasteiger partial charge in [0.25, 0.3) is 0 Å². The van der Waals surface area contributed by atoms with Gasteiger partial charge in [0, 0.05) is 26.1 Å². The van der Waals surface area contributed by atoms with E-state index in [0.717, 1.165) is 19.4 Å². The van der Waals surface area contributed by atoms with Gasteiger partial charge >= 0.3 is 0 Å². The maximum atomic E-state index is 10.9. The second-order valence-electron chi connectivity index (χ2n) is 3.48. The molecule has 1 rings (SSSR count). The lowest BCUT2D eigenvalue weighted by Crippen LogP contribution is -2.29. The molecule has 1 unspecified atom stereocenters. The molecule has 1 heterocycles. The molecule has 1 aliphatic heterocycles. The molecule has 0 bridgehead atoms. The van der Waals surface area contributed by atoms with Gasteiger partial charge in [-0.2, -0.15) is 0 Å². The molecular formula is C9H19N3O. The van der Waals surface area contributed by atoms with Gasteiger partial charge in [-0.15, -0.1) is 0 Å². The van der Waals surface area contributed by atoms with Gasteiger partial charge in [0.1, 0.15) is 0 Å². The summed E-state index contributed by atoms with van der Waals surface area (Å²) in [6.07, 6.45) is 5.17. The Morgan fingerprint density at radius 2 is 2.38 bits per heavy atom. The van der Waals surface area contributed by atoms with Gasteiger partial charge in [-0.3, -0.25) is 15.6 Å². The van der Waals surface area contributed by atoms with Crippen LogP contribution >= 0.6 is 0 Å². The summed E-state index contributed by atoms with van der Waals surface area (Å²) >= 11 is 0. The first-order valence-electron chi connectivity index (χ1n) is 5.02. The van der Waals surface area contributed by atoms with Gasteiger partial charge in [-0.25, -0.2) is 0 Å². The highest BCUT2D eigenvalue weighted by atomic mass is 16.1. The third-order valence-electron chi connectivity index (χ3n) is 2.41. The third kappa shape index (κ3) is 4.24. The van der Waals surface area contributed by atoms with E-state index < -0.39 is 0 Å². The maximum absolute atomic E-state index is 10.9. The van der Waals surface area contributed by atoms with E-state index in [1.807, 2.05) is 0 Å². The molecule has 0 aromatic heterocycles. The molecule has 0 aliphatic carbocycles. The Hall–Kier alpha value is -0.610. The lowest BCUT2D eigenvalue weighted by Gasteiger charge is -2.07. The predicted octanol–water partition coefficient (Wildman–Crippen LogP) is 0.159. The monoisotopic (exact) mass is 185 g/mol. The largest absolute Gasteiger partial charge is 0.359 e. The summed E-state index contributed by atoms with van der Waals surface area (Å²) in [5, 5.41) is 2.63. The maximum Gasteiger partial charge on any atom is 0.219 e. The molecule has 76 valence electrons. The van der Waals surface area contributed by atoms with Crippen LogP contribution in [0.3, 0.4) is 0 Å². The highest BCUT2D eigenvalue weighted by Crippen LogP contribution is 2.08. The van der Waals surface area contributed by atoms with Crippen molar-refractivity contribution in [3.05, 3.63) is 0 Å². The van der Waals surface area contributed by atoms with Crippen molar-refractivity contribution >= 4 is 5.91 Å². The number of hydrazine groups is 1. The number of unbranched alkanes of at least 4 members (excludes halogenated alkanes) is 1. The first-order valence-corrected chi connectivity index (χ1v) is 5.02. The molecule has 1 amide bonds. The van der Waals surface area contributed by atoms with Crippen LogP contribution in [0.15, 0.2) is 0 Å². The fraction of sp³-hybridized carbons (Fsp3) is 0.889. The topological polar surface area (TPSA) is 53.2 Å². The number of hydrogen-bond donors (Lipinski definition) is 3. The van der Waals surface area contributed by atoms with Crippen LogP contribution in [0.1, 0.15) is 32.1 Å². The van der Waals surface area contributed by atoms with Crippen LogP contribution in [0.5, 0.6) is 0 Å². The second kappa shape index (κ2) is 5.94. The van der Waals surface area contributed by atoms with Crippen molar-refractivity contribution in [2.45, 2.75) is 38.1 Å². The minimum Gasteiger partial charge on any atom is -0.359 e. The molecule has 4 heteroatoms. The summed E-state index contributed by atoms with van der Waals surface area (Å²) in [5.41, 5.74) is 6.31. The lowest BCUT2D eigenvalue weighted by molar-refractivity contribution is -0.120. The van der Waals surface area contributed by atoms with Crippen LogP contribution in [0.25, 0.3) is 0 Å².